The highest BCUT2D eigenvalue weighted by Gasteiger charge is 2.35. The maximum atomic E-state index is 13.1. The van der Waals surface area contributed by atoms with Gasteiger partial charge in [0, 0.05) is 18.7 Å². The summed E-state index contributed by atoms with van der Waals surface area (Å²) in [5.41, 5.74) is -1.79. The lowest BCUT2D eigenvalue weighted by molar-refractivity contribution is -0.150. The number of nitrogens with zero attached hydrogens (tertiary/aromatic N) is 2. The number of hydrogen-bond acceptors (Lipinski definition) is 6. The molecule has 1 aromatic heterocycles. The van der Waals surface area contributed by atoms with Crippen LogP contribution in [0, 0.1) is 0 Å². The summed E-state index contributed by atoms with van der Waals surface area (Å²) in [6.45, 7) is 5.60. The molecule has 2 aromatic carbocycles. The van der Waals surface area contributed by atoms with Gasteiger partial charge in [0.25, 0.3) is 5.56 Å². The van der Waals surface area contributed by atoms with E-state index in [1.54, 1.807) is 13.8 Å². The molecule has 1 atom stereocenters. The van der Waals surface area contributed by atoms with Crippen molar-refractivity contribution in [3.8, 4) is 17.2 Å². The molecular formula is C26H27F3N2O6. The standard InChI is InChI=1S/C26H27F3N2O6/c1-5-17-7-8-18(21(13-17)37-16(3)24(33)35-6-2)15-36-20-11-9-19(10-12-20)31-23(32)14-22(26(27,28)29)30(4)25(31)34/h7-14,16H,5-6,15H2,1-4H3. The highest BCUT2D eigenvalue weighted by atomic mass is 19.4. The second-order valence-corrected chi connectivity index (χ2v) is 8.13. The number of aryl methyl sites for hydroxylation is 1. The Kier molecular flexibility index (Phi) is 8.46. The van der Waals surface area contributed by atoms with Gasteiger partial charge in [-0.25, -0.2) is 14.2 Å². The van der Waals surface area contributed by atoms with E-state index in [1.807, 2.05) is 25.1 Å². The SMILES string of the molecule is CCOC(=O)C(C)Oc1cc(CC)ccc1COc1ccc(-n2c(=O)cc(C(F)(F)F)n(C)c2=O)cc1. The van der Waals surface area contributed by atoms with E-state index in [0.29, 0.717) is 32.3 Å². The molecule has 1 heterocycles. The smallest absolute Gasteiger partial charge is 0.431 e. The van der Waals surface area contributed by atoms with Gasteiger partial charge in [-0.2, -0.15) is 13.2 Å². The number of rotatable bonds is 9. The van der Waals surface area contributed by atoms with Gasteiger partial charge in [0.2, 0.25) is 0 Å². The van der Waals surface area contributed by atoms with E-state index in [1.165, 1.54) is 24.3 Å². The third-order valence-electron chi connectivity index (χ3n) is 5.56. The molecule has 37 heavy (non-hydrogen) atoms. The van der Waals surface area contributed by atoms with Crippen molar-refractivity contribution >= 4 is 5.97 Å². The zero-order valence-corrected chi connectivity index (χ0v) is 20.8. The van der Waals surface area contributed by atoms with Gasteiger partial charge in [-0.3, -0.25) is 9.36 Å². The van der Waals surface area contributed by atoms with Gasteiger partial charge < -0.3 is 14.2 Å². The number of ether oxygens (including phenoxy) is 3. The summed E-state index contributed by atoms with van der Waals surface area (Å²) in [6, 6.07) is 11.7. The average molecular weight is 521 g/mol. The summed E-state index contributed by atoms with van der Waals surface area (Å²) in [6.07, 6.45) is -4.90. The lowest BCUT2D eigenvalue weighted by Crippen LogP contribution is -2.40. The normalized spacial score (nSPS) is 12.2. The number of hydrogen-bond donors (Lipinski definition) is 0. The minimum Gasteiger partial charge on any atom is -0.489 e. The Balaban J connectivity index is 1.81. The minimum atomic E-state index is -4.84. The van der Waals surface area contributed by atoms with Gasteiger partial charge in [0.1, 0.15) is 23.8 Å². The van der Waals surface area contributed by atoms with E-state index in [0.717, 1.165) is 19.0 Å². The van der Waals surface area contributed by atoms with Crippen molar-refractivity contribution in [1.29, 1.82) is 0 Å². The summed E-state index contributed by atoms with van der Waals surface area (Å²) < 4.78 is 56.9. The third kappa shape index (κ3) is 6.41. The molecule has 0 radical (unpaired) electrons. The van der Waals surface area contributed by atoms with E-state index >= 15 is 0 Å². The van der Waals surface area contributed by atoms with Crippen LogP contribution in [0.2, 0.25) is 0 Å². The van der Waals surface area contributed by atoms with Crippen molar-refractivity contribution < 1.29 is 32.2 Å². The van der Waals surface area contributed by atoms with Crippen molar-refractivity contribution in [3.63, 3.8) is 0 Å². The molecule has 0 amide bonds. The maximum Gasteiger partial charge on any atom is 0.431 e. The Hall–Kier alpha value is -4.02. The molecule has 3 aromatic rings. The number of carbonyl (C=O) groups excluding carboxylic acids is 1. The number of benzene rings is 2. The van der Waals surface area contributed by atoms with E-state index in [9.17, 15) is 27.6 Å². The second kappa shape index (κ2) is 11.4. The predicted octanol–water partition coefficient (Wildman–Crippen LogP) is 4.03. The predicted molar refractivity (Wildman–Crippen MR) is 129 cm³/mol. The van der Waals surface area contributed by atoms with Crippen molar-refractivity contribution in [1.82, 2.24) is 9.13 Å². The molecule has 0 bridgehead atoms. The van der Waals surface area contributed by atoms with E-state index in [2.05, 4.69) is 0 Å². The lowest BCUT2D eigenvalue weighted by atomic mass is 10.1. The Labute approximate surface area is 210 Å². The summed E-state index contributed by atoms with van der Waals surface area (Å²) in [7, 11) is 0.949. The van der Waals surface area contributed by atoms with Crippen LogP contribution in [0.25, 0.3) is 5.69 Å². The first kappa shape index (κ1) is 27.6. The second-order valence-electron chi connectivity index (χ2n) is 8.13. The molecule has 8 nitrogen and oxygen atoms in total. The molecule has 198 valence electrons. The number of halogens is 3. The van der Waals surface area contributed by atoms with Gasteiger partial charge in [-0.15, -0.1) is 0 Å². The average Bonchev–Trinajstić information content (AvgIpc) is 2.85. The largest absolute Gasteiger partial charge is 0.489 e. The molecule has 1 unspecified atom stereocenters. The van der Waals surface area contributed by atoms with Crippen LogP contribution < -0.4 is 20.7 Å². The fraction of sp³-hybridized carbons (Fsp3) is 0.346. The Morgan fingerprint density at radius 1 is 1.03 bits per heavy atom. The molecule has 0 saturated heterocycles. The molecule has 0 aliphatic heterocycles. The topological polar surface area (TPSA) is 88.8 Å². The molecule has 0 saturated carbocycles. The van der Waals surface area contributed by atoms with Crippen LogP contribution >= 0.6 is 0 Å². The summed E-state index contributed by atoms with van der Waals surface area (Å²) in [5.74, 6) is 0.359. The highest BCUT2D eigenvalue weighted by molar-refractivity contribution is 5.74. The molecular weight excluding hydrogens is 493 g/mol. The molecule has 0 N–H and O–H groups in total. The van der Waals surface area contributed by atoms with Crippen LogP contribution in [0.5, 0.6) is 11.5 Å². The van der Waals surface area contributed by atoms with E-state index in [-0.39, 0.29) is 18.9 Å². The summed E-state index contributed by atoms with van der Waals surface area (Å²) in [4.78, 5) is 36.8. The van der Waals surface area contributed by atoms with Gasteiger partial charge >= 0.3 is 17.8 Å². The van der Waals surface area contributed by atoms with Gasteiger partial charge in [-0.05, 0) is 56.2 Å². The van der Waals surface area contributed by atoms with Crippen molar-refractivity contribution in [2.75, 3.05) is 6.61 Å². The minimum absolute atomic E-state index is 0.0796. The number of aromatic nitrogens is 2. The molecule has 0 aliphatic carbocycles. The fourth-order valence-electron chi connectivity index (χ4n) is 3.53. The molecule has 3 rings (SSSR count). The monoisotopic (exact) mass is 520 g/mol. The van der Waals surface area contributed by atoms with Crippen LogP contribution in [0.4, 0.5) is 13.2 Å². The quantitative estimate of drug-likeness (QED) is 0.396. The summed E-state index contributed by atoms with van der Waals surface area (Å²) in [5, 5.41) is 0. The van der Waals surface area contributed by atoms with Crippen LogP contribution in [0.3, 0.4) is 0 Å². The lowest BCUT2D eigenvalue weighted by Gasteiger charge is -2.18. The summed E-state index contributed by atoms with van der Waals surface area (Å²) >= 11 is 0. The van der Waals surface area contributed by atoms with Gasteiger partial charge in [0.15, 0.2) is 6.10 Å². The van der Waals surface area contributed by atoms with Gasteiger partial charge in [-0.1, -0.05) is 19.1 Å². The Bertz CT molecular complexity index is 1380. The number of carbonyl (C=O) groups is 1. The van der Waals surface area contributed by atoms with Crippen molar-refractivity contribution in [2.45, 2.75) is 46.1 Å². The third-order valence-corrected chi connectivity index (χ3v) is 5.56. The van der Waals surface area contributed by atoms with Crippen LogP contribution in [-0.4, -0.2) is 27.8 Å². The fourth-order valence-corrected chi connectivity index (χ4v) is 3.53. The molecule has 11 heteroatoms. The van der Waals surface area contributed by atoms with Crippen LogP contribution in [-0.2, 0) is 35.8 Å². The zero-order chi connectivity index (χ0) is 27.3. The first-order valence-electron chi connectivity index (χ1n) is 11.5. The highest BCUT2D eigenvalue weighted by Crippen LogP contribution is 2.27. The number of esters is 1. The zero-order valence-electron chi connectivity index (χ0n) is 20.8. The van der Waals surface area contributed by atoms with Crippen molar-refractivity contribution in [2.24, 2.45) is 7.05 Å². The Morgan fingerprint density at radius 2 is 1.70 bits per heavy atom. The van der Waals surface area contributed by atoms with Gasteiger partial charge in [0.05, 0.1) is 12.3 Å². The first-order chi connectivity index (χ1) is 17.5. The van der Waals surface area contributed by atoms with E-state index < -0.39 is 35.2 Å². The molecule has 0 spiro atoms. The first-order valence-corrected chi connectivity index (χ1v) is 11.5. The van der Waals surface area contributed by atoms with Crippen LogP contribution in [0.1, 0.15) is 37.6 Å². The van der Waals surface area contributed by atoms with E-state index in [4.69, 9.17) is 14.2 Å². The maximum absolute atomic E-state index is 13.1. The molecule has 0 aliphatic rings. The van der Waals surface area contributed by atoms with Crippen molar-refractivity contribution in [3.05, 3.63) is 86.2 Å². The molecule has 0 fully saturated rings. The Morgan fingerprint density at radius 3 is 2.30 bits per heavy atom. The van der Waals surface area contributed by atoms with Crippen LogP contribution in [0.15, 0.2) is 58.1 Å². The number of alkyl halides is 3.